The second-order valence-electron chi connectivity index (χ2n) is 5.80. The van der Waals surface area contributed by atoms with Crippen molar-refractivity contribution in [2.75, 3.05) is 12.4 Å². The third kappa shape index (κ3) is 5.88. The smallest absolute Gasteiger partial charge is 0.338 e. The maximum Gasteiger partial charge on any atom is 0.338 e. The van der Waals surface area contributed by atoms with Crippen molar-refractivity contribution >= 4 is 35.2 Å². The number of esters is 1. The van der Waals surface area contributed by atoms with Crippen LogP contribution in [0.3, 0.4) is 0 Å². The number of halogens is 1. The molecular weight excluding hydrogens is 386 g/mol. The third-order valence-electron chi connectivity index (χ3n) is 3.73. The number of amides is 3. The normalized spacial score (nSPS) is 11.2. The van der Waals surface area contributed by atoms with Crippen molar-refractivity contribution in [3.05, 3.63) is 58.6 Å². The monoisotopic (exact) mass is 405 g/mol. The van der Waals surface area contributed by atoms with Crippen LogP contribution in [0.5, 0.6) is 5.75 Å². The van der Waals surface area contributed by atoms with E-state index in [2.05, 4.69) is 10.6 Å². The number of benzene rings is 2. The van der Waals surface area contributed by atoms with E-state index in [0.717, 1.165) is 5.56 Å². The standard InChI is InChI=1S/C19H20ClN3O5/c1-11(17(24)23-15-9-14(20)7-8-16(15)27-2)28-18(25)13-5-3-12(4-6-13)10-22-19(21)26/h3-9,11H,10H2,1-2H3,(H,23,24)(H3,21,22,26). The summed E-state index contributed by atoms with van der Waals surface area (Å²) in [5.74, 6) is -0.761. The van der Waals surface area contributed by atoms with E-state index in [1.165, 1.54) is 32.2 Å². The number of ether oxygens (including phenoxy) is 2. The first-order chi connectivity index (χ1) is 13.3. The Labute approximate surface area is 166 Å². The van der Waals surface area contributed by atoms with E-state index in [1.807, 2.05) is 0 Å². The van der Waals surface area contributed by atoms with Gasteiger partial charge in [-0.3, -0.25) is 4.79 Å². The van der Waals surface area contributed by atoms with Crippen LogP contribution in [0.25, 0.3) is 0 Å². The van der Waals surface area contributed by atoms with Gasteiger partial charge in [0.1, 0.15) is 5.75 Å². The number of hydrogen-bond acceptors (Lipinski definition) is 5. The first kappa shape index (κ1) is 21.0. The number of carbonyl (C=O) groups excluding carboxylic acids is 3. The van der Waals surface area contributed by atoms with E-state index in [4.69, 9.17) is 26.8 Å². The van der Waals surface area contributed by atoms with Gasteiger partial charge < -0.3 is 25.8 Å². The third-order valence-corrected chi connectivity index (χ3v) is 3.96. The molecule has 0 aromatic heterocycles. The van der Waals surface area contributed by atoms with Gasteiger partial charge in [-0.1, -0.05) is 23.7 Å². The second kappa shape index (κ2) is 9.61. The van der Waals surface area contributed by atoms with Crippen molar-refractivity contribution in [3.63, 3.8) is 0 Å². The van der Waals surface area contributed by atoms with Crippen LogP contribution in [0, 0.1) is 0 Å². The Morgan fingerprint density at radius 1 is 1.14 bits per heavy atom. The van der Waals surface area contributed by atoms with Crippen molar-refractivity contribution in [1.29, 1.82) is 0 Å². The molecule has 0 saturated carbocycles. The van der Waals surface area contributed by atoms with Gasteiger partial charge in [0, 0.05) is 11.6 Å². The van der Waals surface area contributed by atoms with Crippen LogP contribution < -0.4 is 21.1 Å². The number of anilines is 1. The lowest BCUT2D eigenvalue weighted by molar-refractivity contribution is -0.123. The van der Waals surface area contributed by atoms with E-state index in [0.29, 0.717) is 16.5 Å². The van der Waals surface area contributed by atoms with Crippen molar-refractivity contribution in [3.8, 4) is 5.75 Å². The zero-order valence-electron chi connectivity index (χ0n) is 15.3. The van der Waals surface area contributed by atoms with Gasteiger partial charge in [-0.2, -0.15) is 0 Å². The average molecular weight is 406 g/mol. The molecule has 148 valence electrons. The Hall–Kier alpha value is -3.26. The summed E-state index contributed by atoms with van der Waals surface area (Å²) in [6.45, 7) is 1.69. The molecule has 4 N–H and O–H groups in total. The lowest BCUT2D eigenvalue weighted by atomic mass is 10.1. The van der Waals surface area contributed by atoms with Gasteiger partial charge >= 0.3 is 12.0 Å². The molecule has 0 bridgehead atoms. The molecule has 0 radical (unpaired) electrons. The van der Waals surface area contributed by atoms with Gasteiger partial charge in [0.05, 0.1) is 18.4 Å². The highest BCUT2D eigenvalue weighted by atomic mass is 35.5. The molecular formula is C19H20ClN3O5. The predicted molar refractivity (Wildman–Crippen MR) is 104 cm³/mol. The average Bonchev–Trinajstić information content (AvgIpc) is 2.66. The highest BCUT2D eigenvalue weighted by Crippen LogP contribution is 2.27. The molecule has 0 aliphatic rings. The van der Waals surface area contributed by atoms with Crippen LogP contribution in [0.4, 0.5) is 10.5 Å². The van der Waals surface area contributed by atoms with E-state index in [1.54, 1.807) is 24.3 Å². The maximum atomic E-state index is 12.3. The van der Waals surface area contributed by atoms with Gasteiger partial charge in [-0.15, -0.1) is 0 Å². The lowest BCUT2D eigenvalue weighted by Crippen LogP contribution is -2.30. The topological polar surface area (TPSA) is 120 Å². The Kier molecular flexibility index (Phi) is 7.22. The molecule has 2 aromatic rings. The van der Waals surface area contributed by atoms with Crippen LogP contribution >= 0.6 is 11.6 Å². The van der Waals surface area contributed by atoms with Crippen LogP contribution in [0.15, 0.2) is 42.5 Å². The zero-order valence-corrected chi connectivity index (χ0v) is 16.1. The number of primary amides is 1. The predicted octanol–water partition coefficient (Wildman–Crippen LogP) is 2.70. The second-order valence-corrected chi connectivity index (χ2v) is 6.23. The highest BCUT2D eigenvalue weighted by Gasteiger charge is 2.20. The molecule has 28 heavy (non-hydrogen) atoms. The van der Waals surface area contributed by atoms with Crippen molar-refractivity contribution < 1.29 is 23.9 Å². The molecule has 3 amide bonds. The molecule has 0 spiro atoms. The Bertz CT molecular complexity index is 870. The van der Waals surface area contributed by atoms with E-state index in [-0.39, 0.29) is 12.1 Å². The van der Waals surface area contributed by atoms with Gasteiger partial charge in [-0.05, 0) is 42.8 Å². The number of carbonyl (C=O) groups is 3. The first-order valence-corrected chi connectivity index (χ1v) is 8.65. The summed E-state index contributed by atoms with van der Waals surface area (Å²) in [5, 5.41) is 5.48. The minimum absolute atomic E-state index is 0.241. The molecule has 0 fully saturated rings. The molecule has 1 unspecified atom stereocenters. The molecule has 2 aromatic carbocycles. The van der Waals surface area contributed by atoms with E-state index in [9.17, 15) is 14.4 Å². The van der Waals surface area contributed by atoms with Crippen molar-refractivity contribution in [2.24, 2.45) is 5.73 Å². The minimum Gasteiger partial charge on any atom is -0.495 e. The number of rotatable bonds is 7. The fourth-order valence-electron chi connectivity index (χ4n) is 2.24. The van der Waals surface area contributed by atoms with E-state index < -0.39 is 24.0 Å². The quantitative estimate of drug-likeness (QED) is 0.612. The van der Waals surface area contributed by atoms with Crippen LogP contribution in [0.2, 0.25) is 5.02 Å². The van der Waals surface area contributed by atoms with Crippen LogP contribution in [-0.2, 0) is 16.1 Å². The summed E-state index contributed by atoms with van der Waals surface area (Å²) in [7, 11) is 1.46. The largest absolute Gasteiger partial charge is 0.495 e. The van der Waals surface area contributed by atoms with Gasteiger partial charge in [0.25, 0.3) is 5.91 Å². The number of urea groups is 1. The lowest BCUT2D eigenvalue weighted by Gasteiger charge is -2.15. The highest BCUT2D eigenvalue weighted by molar-refractivity contribution is 6.31. The van der Waals surface area contributed by atoms with Gasteiger partial charge in [0.15, 0.2) is 6.10 Å². The summed E-state index contributed by atoms with van der Waals surface area (Å²) in [5.41, 5.74) is 6.40. The first-order valence-electron chi connectivity index (χ1n) is 8.27. The molecule has 0 heterocycles. The van der Waals surface area contributed by atoms with E-state index >= 15 is 0 Å². The summed E-state index contributed by atoms with van der Waals surface area (Å²) in [6, 6.07) is 10.5. The molecule has 0 saturated heterocycles. The Balaban J connectivity index is 1.97. The van der Waals surface area contributed by atoms with Gasteiger partial charge in [0.2, 0.25) is 0 Å². The molecule has 8 nitrogen and oxygen atoms in total. The fourth-order valence-corrected chi connectivity index (χ4v) is 2.41. The molecule has 9 heteroatoms. The van der Waals surface area contributed by atoms with Crippen molar-refractivity contribution in [2.45, 2.75) is 19.6 Å². The number of nitrogens with one attached hydrogen (secondary N) is 2. The van der Waals surface area contributed by atoms with Crippen LogP contribution in [-0.4, -0.2) is 31.1 Å². The summed E-state index contributed by atoms with van der Waals surface area (Å²) in [4.78, 5) is 35.3. The number of methoxy groups -OCH3 is 1. The molecule has 1 atom stereocenters. The number of nitrogens with two attached hydrogens (primary N) is 1. The Morgan fingerprint density at radius 2 is 1.82 bits per heavy atom. The molecule has 0 aliphatic carbocycles. The molecule has 2 rings (SSSR count). The molecule has 0 aliphatic heterocycles. The Morgan fingerprint density at radius 3 is 2.43 bits per heavy atom. The van der Waals surface area contributed by atoms with Crippen LogP contribution in [0.1, 0.15) is 22.8 Å². The van der Waals surface area contributed by atoms with Gasteiger partial charge in [-0.25, -0.2) is 9.59 Å². The summed E-state index contributed by atoms with van der Waals surface area (Å²) >= 11 is 5.93. The SMILES string of the molecule is COc1ccc(Cl)cc1NC(=O)C(C)OC(=O)c1ccc(CNC(N)=O)cc1. The fraction of sp³-hybridized carbons (Fsp3) is 0.211. The summed E-state index contributed by atoms with van der Waals surface area (Å²) in [6.07, 6.45) is -1.05. The van der Waals surface area contributed by atoms with Crippen molar-refractivity contribution in [1.82, 2.24) is 5.32 Å². The number of hydrogen-bond donors (Lipinski definition) is 3. The maximum absolute atomic E-state index is 12.3. The zero-order chi connectivity index (χ0) is 20.7. The summed E-state index contributed by atoms with van der Waals surface area (Å²) < 4.78 is 10.4. The minimum atomic E-state index is -1.05.